The quantitative estimate of drug-likeness (QED) is 0.145. The van der Waals surface area contributed by atoms with Crippen molar-refractivity contribution in [3.63, 3.8) is 0 Å². The number of aryl methyl sites for hydroxylation is 1. The van der Waals surface area contributed by atoms with E-state index in [9.17, 15) is 0 Å². The van der Waals surface area contributed by atoms with E-state index in [1.165, 1.54) is 94.4 Å². The SMILES string of the molecule is C/C=C(\CCCc1ccc2c(c1)C1c3ccccc3N(c3cccc(-c4ccccc4)c3)C1C2)c1ccc2c(c1)c1c3ccccc3oc1n2C1=CC(c2ccccc2)=CCC1. The van der Waals surface area contributed by atoms with Gasteiger partial charge in [-0.25, -0.2) is 0 Å². The molecule has 2 atom stereocenters. The third-order valence-electron chi connectivity index (χ3n) is 13.9. The lowest BCUT2D eigenvalue weighted by Crippen LogP contribution is -2.28. The summed E-state index contributed by atoms with van der Waals surface area (Å²) in [4.78, 5) is 2.63. The normalized spacial score (nSPS) is 17.0. The van der Waals surface area contributed by atoms with E-state index in [2.05, 4.69) is 204 Å². The predicted molar refractivity (Wildman–Crippen MR) is 260 cm³/mol. The third kappa shape index (κ3) is 6.10. The van der Waals surface area contributed by atoms with E-state index in [0.717, 1.165) is 49.8 Å². The number of hydrogen-bond donors (Lipinski definition) is 0. The highest BCUT2D eigenvalue weighted by molar-refractivity contribution is 6.21. The molecule has 3 nitrogen and oxygen atoms in total. The van der Waals surface area contributed by atoms with E-state index in [4.69, 9.17) is 4.42 Å². The highest BCUT2D eigenvalue weighted by Crippen LogP contribution is 2.54. The molecule has 0 N–H and O–H groups in total. The van der Waals surface area contributed by atoms with Crippen molar-refractivity contribution in [1.29, 1.82) is 0 Å². The molecule has 0 saturated heterocycles. The first-order valence-electron chi connectivity index (χ1n) is 22.4. The summed E-state index contributed by atoms with van der Waals surface area (Å²) in [6.45, 7) is 2.20. The second-order valence-corrected chi connectivity index (χ2v) is 17.3. The van der Waals surface area contributed by atoms with Gasteiger partial charge in [-0.3, -0.25) is 4.57 Å². The molecule has 3 heterocycles. The number of hydrogen-bond acceptors (Lipinski definition) is 2. The van der Waals surface area contributed by atoms with Crippen molar-refractivity contribution in [3.8, 4) is 11.1 Å². The maximum Gasteiger partial charge on any atom is 0.213 e. The molecule has 7 aromatic carbocycles. The molecule has 1 aliphatic heterocycles. The van der Waals surface area contributed by atoms with E-state index in [-0.39, 0.29) is 0 Å². The number of aromatic nitrogens is 1. The Morgan fingerprint density at radius 1 is 0.694 bits per heavy atom. The summed E-state index contributed by atoms with van der Waals surface area (Å²) >= 11 is 0. The molecule has 0 fully saturated rings. The van der Waals surface area contributed by atoms with Gasteiger partial charge in [-0.1, -0.05) is 146 Å². The number of nitrogens with zero attached hydrogens (tertiary/aromatic N) is 2. The van der Waals surface area contributed by atoms with E-state index < -0.39 is 0 Å². The summed E-state index contributed by atoms with van der Waals surface area (Å²) in [5.74, 6) is 0.368. The van der Waals surface area contributed by atoms with Crippen LogP contribution >= 0.6 is 0 Å². The van der Waals surface area contributed by atoms with Crippen molar-refractivity contribution < 1.29 is 4.42 Å². The summed E-state index contributed by atoms with van der Waals surface area (Å²) in [7, 11) is 0. The fourth-order valence-electron chi connectivity index (χ4n) is 11.0. The molecule has 3 heteroatoms. The van der Waals surface area contributed by atoms with Crippen LogP contribution in [-0.4, -0.2) is 10.6 Å². The molecule has 9 aromatic rings. The molecule has 0 radical (unpaired) electrons. The molecule has 62 heavy (non-hydrogen) atoms. The Morgan fingerprint density at radius 2 is 1.48 bits per heavy atom. The van der Waals surface area contributed by atoms with Crippen LogP contribution in [-0.2, 0) is 12.8 Å². The topological polar surface area (TPSA) is 21.3 Å². The van der Waals surface area contributed by atoms with Gasteiger partial charge in [-0.15, -0.1) is 0 Å². The molecule has 0 amide bonds. The summed E-state index contributed by atoms with van der Waals surface area (Å²) in [6.07, 6.45) is 13.2. The van der Waals surface area contributed by atoms with E-state index >= 15 is 0 Å². The fourth-order valence-corrected chi connectivity index (χ4v) is 11.0. The molecule has 2 unspecified atom stereocenters. The molecule has 0 spiro atoms. The number of para-hydroxylation sites is 2. The standard InChI is InChI=1S/C59H48N2O/c1-2-40(45-32-33-54-52(37-45)58-50-27-10-12-29-56(50)62-59(58)61(54)48-25-15-23-44(36-48)42-19-7-4-8-20-42)21-13-16-39-30-31-46-38-55-57(51(46)34-39)49-26-9-11-28-53(49)60(55)47-24-14-22-43(35-47)41-17-5-3-6-18-41/h2-12,14,17-20,22-24,26-37,55,57H,13,15-16,21,25,38H2,1H3/b40-2+. The van der Waals surface area contributed by atoms with Crippen LogP contribution < -0.4 is 4.90 Å². The average molecular weight is 801 g/mol. The van der Waals surface area contributed by atoms with Gasteiger partial charge in [0.1, 0.15) is 5.58 Å². The van der Waals surface area contributed by atoms with Gasteiger partial charge < -0.3 is 9.32 Å². The van der Waals surface area contributed by atoms with Gasteiger partial charge in [0.2, 0.25) is 5.71 Å². The zero-order valence-corrected chi connectivity index (χ0v) is 35.1. The van der Waals surface area contributed by atoms with Gasteiger partial charge >= 0.3 is 0 Å². The molecule has 12 rings (SSSR count). The van der Waals surface area contributed by atoms with Gasteiger partial charge in [-0.2, -0.15) is 0 Å². The lowest BCUT2D eigenvalue weighted by molar-refractivity contribution is 0.645. The predicted octanol–water partition coefficient (Wildman–Crippen LogP) is 15.6. The van der Waals surface area contributed by atoms with E-state index in [1.807, 2.05) is 0 Å². The highest BCUT2D eigenvalue weighted by atomic mass is 16.3. The molecule has 3 aliphatic rings. The number of anilines is 2. The molecule has 0 bridgehead atoms. The molecule has 300 valence electrons. The van der Waals surface area contributed by atoms with Crippen molar-refractivity contribution in [2.24, 2.45) is 0 Å². The van der Waals surface area contributed by atoms with Crippen LogP contribution in [0.5, 0.6) is 0 Å². The summed E-state index contributed by atoms with van der Waals surface area (Å²) in [5.41, 5.74) is 20.6. The summed E-state index contributed by atoms with van der Waals surface area (Å²) < 4.78 is 9.11. The van der Waals surface area contributed by atoms with Crippen molar-refractivity contribution >= 4 is 61.2 Å². The largest absolute Gasteiger partial charge is 0.439 e. The van der Waals surface area contributed by atoms with Crippen LogP contribution in [0.2, 0.25) is 0 Å². The number of rotatable bonds is 9. The van der Waals surface area contributed by atoms with Crippen molar-refractivity contribution in [3.05, 3.63) is 221 Å². The van der Waals surface area contributed by atoms with Crippen LogP contribution in [0.3, 0.4) is 0 Å². The molecule has 2 aromatic heterocycles. The summed E-state index contributed by atoms with van der Waals surface area (Å²) in [5, 5.41) is 3.63. The van der Waals surface area contributed by atoms with Crippen LogP contribution in [0.15, 0.2) is 193 Å². The van der Waals surface area contributed by atoms with Crippen LogP contribution in [0.25, 0.3) is 60.9 Å². The first-order chi connectivity index (χ1) is 30.7. The number of fused-ring (bicyclic) bond motifs is 10. The summed E-state index contributed by atoms with van der Waals surface area (Å²) in [6, 6.07) is 63.1. The fraction of sp³-hybridized carbons (Fsp3) is 0.153. The minimum atomic E-state index is 0.368. The van der Waals surface area contributed by atoms with Gasteiger partial charge in [0, 0.05) is 39.8 Å². The first-order valence-corrected chi connectivity index (χ1v) is 22.4. The van der Waals surface area contributed by atoms with Gasteiger partial charge in [0.25, 0.3) is 0 Å². The Hall–Kier alpha value is -7.10. The number of furan rings is 1. The first kappa shape index (κ1) is 36.7. The molecular weight excluding hydrogens is 753 g/mol. The minimum absolute atomic E-state index is 0.368. The monoisotopic (exact) mass is 800 g/mol. The average Bonchev–Trinajstić information content (AvgIpc) is 4.07. The second-order valence-electron chi connectivity index (χ2n) is 17.3. The Bertz CT molecular complexity index is 3270. The molecule has 0 saturated carbocycles. The Balaban J connectivity index is 0.820. The van der Waals surface area contributed by atoms with Gasteiger partial charge in [0.05, 0.1) is 10.9 Å². The van der Waals surface area contributed by atoms with Crippen molar-refractivity contribution in [2.75, 3.05) is 4.90 Å². The Morgan fingerprint density at radius 3 is 2.35 bits per heavy atom. The zero-order valence-electron chi connectivity index (χ0n) is 35.1. The highest BCUT2D eigenvalue weighted by Gasteiger charge is 2.45. The van der Waals surface area contributed by atoms with Crippen molar-refractivity contribution in [2.45, 2.75) is 57.4 Å². The molecule has 2 aliphatic carbocycles. The van der Waals surface area contributed by atoms with Crippen LogP contribution in [0.1, 0.15) is 71.9 Å². The second kappa shape index (κ2) is 15.1. The third-order valence-corrected chi connectivity index (χ3v) is 13.9. The lowest BCUT2D eigenvalue weighted by Gasteiger charge is -2.27. The lowest BCUT2D eigenvalue weighted by atomic mass is 9.91. The zero-order chi connectivity index (χ0) is 41.1. The van der Waals surface area contributed by atoms with Gasteiger partial charge in [0.15, 0.2) is 0 Å². The Kier molecular flexibility index (Phi) is 8.95. The number of benzene rings is 7. The maximum absolute atomic E-state index is 6.72. The minimum Gasteiger partial charge on any atom is -0.439 e. The number of allylic oxidation sites excluding steroid dienone is 6. The van der Waals surface area contributed by atoms with E-state index in [0.29, 0.717) is 12.0 Å². The maximum atomic E-state index is 6.72. The Labute approximate surface area is 363 Å². The smallest absolute Gasteiger partial charge is 0.213 e. The van der Waals surface area contributed by atoms with Crippen LogP contribution in [0.4, 0.5) is 11.4 Å². The van der Waals surface area contributed by atoms with Crippen LogP contribution in [0, 0.1) is 0 Å². The van der Waals surface area contributed by atoms with E-state index in [1.54, 1.807) is 0 Å². The van der Waals surface area contributed by atoms with Crippen molar-refractivity contribution in [1.82, 2.24) is 4.57 Å². The van der Waals surface area contributed by atoms with Gasteiger partial charge in [-0.05, 0) is 144 Å². The molecular formula is C59H48N2O.